The van der Waals surface area contributed by atoms with E-state index in [0.717, 1.165) is 18.9 Å². The van der Waals surface area contributed by atoms with Crippen LogP contribution in [-0.4, -0.2) is 54.5 Å². The van der Waals surface area contributed by atoms with Crippen LogP contribution in [0.1, 0.15) is 25.1 Å². The van der Waals surface area contributed by atoms with Gasteiger partial charge in [-0.2, -0.15) is 0 Å². The number of imidazole rings is 1. The molecule has 1 aliphatic heterocycles. The average molecular weight is 365 g/mol. The van der Waals surface area contributed by atoms with Gasteiger partial charge in [-0.3, -0.25) is 0 Å². The SMILES string of the molecule is Cc1nc(NCCNS(=O)(=O)c2cnc[nH]2)cc(N2CCCCC2)n1. The number of hydrogen-bond acceptors (Lipinski definition) is 7. The van der Waals surface area contributed by atoms with Crippen molar-refractivity contribution in [2.45, 2.75) is 31.2 Å². The molecule has 3 N–H and O–H groups in total. The van der Waals surface area contributed by atoms with Gasteiger partial charge in [0.2, 0.25) is 0 Å². The average Bonchev–Trinajstić information content (AvgIpc) is 3.15. The van der Waals surface area contributed by atoms with Crippen LogP contribution in [0, 0.1) is 6.92 Å². The first kappa shape index (κ1) is 17.6. The number of rotatable bonds is 7. The van der Waals surface area contributed by atoms with Crippen LogP contribution in [0.5, 0.6) is 0 Å². The van der Waals surface area contributed by atoms with E-state index in [9.17, 15) is 8.42 Å². The zero-order valence-corrected chi connectivity index (χ0v) is 15.0. The van der Waals surface area contributed by atoms with Gasteiger partial charge in [-0.05, 0) is 26.2 Å². The Morgan fingerprint density at radius 2 is 2.00 bits per heavy atom. The van der Waals surface area contributed by atoms with Gasteiger partial charge >= 0.3 is 0 Å². The van der Waals surface area contributed by atoms with Crippen molar-refractivity contribution in [3.63, 3.8) is 0 Å². The maximum atomic E-state index is 12.0. The molecule has 2 aromatic rings. The number of nitrogens with zero attached hydrogens (tertiary/aromatic N) is 4. The third-order valence-corrected chi connectivity index (χ3v) is 5.38. The quantitative estimate of drug-likeness (QED) is 0.624. The lowest BCUT2D eigenvalue weighted by atomic mass is 10.1. The van der Waals surface area contributed by atoms with Crippen molar-refractivity contribution in [1.82, 2.24) is 24.7 Å². The van der Waals surface area contributed by atoms with Crippen molar-refractivity contribution in [3.05, 3.63) is 24.4 Å². The summed E-state index contributed by atoms with van der Waals surface area (Å²) >= 11 is 0. The molecule has 0 amide bonds. The van der Waals surface area contributed by atoms with Gasteiger partial charge in [-0.15, -0.1) is 0 Å². The number of aromatic nitrogens is 4. The lowest BCUT2D eigenvalue weighted by Gasteiger charge is -2.28. The summed E-state index contributed by atoms with van der Waals surface area (Å²) in [6, 6.07) is 1.92. The molecule has 0 aromatic carbocycles. The van der Waals surface area contributed by atoms with Gasteiger partial charge in [-0.25, -0.2) is 28.1 Å². The number of H-pyrrole nitrogens is 1. The maximum absolute atomic E-state index is 12.0. The van der Waals surface area contributed by atoms with E-state index in [1.165, 1.54) is 31.8 Å². The third-order valence-electron chi connectivity index (χ3n) is 3.99. The highest BCUT2D eigenvalue weighted by Crippen LogP contribution is 2.20. The van der Waals surface area contributed by atoms with Gasteiger partial charge in [0.15, 0.2) is 5.03 Å². The molecular weight excluding hydrogens is 342 g/mol. The van der Waals surface area contributed by atoms with E-state index in [-0.39, 0.29) is 11.6 Å². The Morgan fingerprint density at radius 1 is 1.20 bits per heavy atom. The number of hydrogen-bond donors (Lipinski definition) is 3. The second kappa shape index (κ2) is 7.79. The Bertz CT molecular complexity index is 786. The zero-order valence-electron chi connectivity index (χ0n) is 14.2. The Labute approximate surface area is 147 Å². The molecule has 0 spiro atoms. The molecule has 0 radical (unpaired) electrons. The molecule has 1 fully saturated rings. The normalized spacial score (nSPS) is 15.3. The lowest BCUT2D eigenvalue weighted by Crippen LogP contribution is -2.31. The molecule has 3 rings (SSSR count). The van der Waals surface area contributed by atoms with E-state index in [1.54, 1.807) is 0 Å². The molecule has 0 aliphatic carbocycles. The molecule has 1 saturated heterocycles. The number of sulfonamides is 1. The number of aromatic amines is 1. The summed E-state index contributed by atoms with van der Waals surface area (Å²) in [6.45, 7) is 4.55. The van der Waals surface area contributed by atoms with Crippen molar-refractivity contribution in [2.75, 3.05) is 36.4 Å². The largest absolute Gasteiger partial charge is 0.369 e. The summed E-state index contributed by atoms with van der Waals surface area (Å²) < 4.78 is 26.5. The second-order valence-electron chi connectivity index (χ2n) is 5.95. The van der Waals surface area contributed by atoms with E-state index >= 15 is 0 Å². The minimum Gasteiger partial charge on any atom is -0.369 e. The van der Waals surface area contributed by atoms with Crippen molar-refractivity contribution in [2.24, 2.45) is 0 Å². The molecule has 1 aliphatic rings. The minimum atomic E-state index is -3.55. The monoisotopic (exact) mass is 365 g/mol. The molecule has 9 nitrogen and oxygen atoms in total. The number of piperidine rings is 1. The van der Waals surface area contributed by atoms with Gasteiger partial charge in [0.1, 0.15) is 17.5 Å². The van der Waals surface area contributed by atoms with Crippen molar-refractivity contribution in [3.8, 4) is 0 Å². The fraction of sp³-hybridized carbons (Fsp3) is 0.533. The maximum Gasteiger partial charge on any atom is 0.257 e. The summed E-state index contributed by atoms with van der Waals surface area (Å²) in [6.07, 6.45) is 6.23. The molecule has 136 valence electrons. The zero-order chi connectivity index (χ0) is 17.7. The van der Waals surface area contributed by atoms with E-state index < -0.39 is 10.0 Å². The first-order valence-electron chi connectivity index (χ1n) is 8.37. The molecular formula is C15H23N7O2S. The van der Waals surface area contributed by atoms with E-state index in [0.29, 0.717) is 18.2 Å². The van der Waals surface area contributed by atoms with Gasteiger partial charge in [-0.1, -0.05) is 0 Å². The molecule has 0 atom stereocenters. The standard InChI is InChI=1S/C15H23N7O2S/c1-12-20-13(9-14(21-12)22-7-3-2-4-8-22)17-5-6-19-25(23,24)15-10-16-11-18-15/h9-11,19H,2-8H2,1H3,(H,16,18)(H,17,20,21). The van der Waals surface area contributed by atoms with Crippen LogP contribution < -0.4 is 14.9 Å². The molecule has 3 heterocycles. The van der Waals surface area contributed by atoms with Gasteiger partial charge < -0.3 is 15.2 Å². The van der Waals surface area contributed by atoms with E-state index in [4.69, 9.17) is 0 Å². The molecule has 0 saturated carbocycles. The summed E-state index contributed by atoms with van der Waals surface area (Å²) in [5.41, 5.74) is 0. The number of anilines is 2. The van der Waals surface area contributed by atoms with Crippen LogP contribution in [0.3, 0.4) is 0 Å². The Kier molecular flexibility index (Phi) is 5.49. The van der Waals surface area contributed by atoms with Gasteiger partial charge in [0.25, 0.3) is 10.0 Å². The van der Waals surface area contributed by atoms with E-state index in [1.807, 2.05) is 13.0 Å². The molecule has 0 bridgehead atoms. The van der Waals surface area contributed by atoms with Crippen LogP contribution in [0.2, 0.25) is 0 Å². The van der Waals surface area contributed by atoms with Crippen LogP contribution >= 0.6 is 0 Å². The van der Waals surface area contributed by atoms with E-state index in [2.05, 4.69) is 34.9 Å². The van der Waals surface area contributed by atoms with Gasteiger partial charge in [0.05, 0.1) is 12.5 Å². The smallest absolute Gasteiger partial charge is 0.257 e. The molecule has 0 unspecified atom stereocenters. The van der Waals surface area contributed by atoms with Gasteiger partial charge in [0, 0.05) is 32.2 Å². The Hall–Kier alpha value is -2.20. The highest BCUT2D eigenvalue weighted by Gasteiger charge is 2.15. The fourth-order valence-corrected chi connectivity index (χ4v) is 3.71. The number of nitrogens with one attached hydrogen (secondary N) is 3. The molecule has 10 heteroatoms. The summed E-state index contributed by atoms with van der Waals surface area (Å²) in [5, 5.41) is 3.21. The van der Waals surface area contributed by atoms with Crippen LogP contribution in [0.25, 0.3) is 0 Å². The molecule has 25 heavy (non-hydrogen) atoms. The third kappa shape index (κ3) is 4.67. The van der Waals surface area contributed by atoms with Crippen molar-refractivity contribution >= 4 is 21.7 Å². The Morgan fingerprint density at radius 3 is 2.72 bits per heavy atom. The summed E-state index contributed by atoms with van der Waals surface area (Å²) in [5.74, 6) is 2.32. The van der Waals surface area contributed by atoms with Crippen LogP contribution in [-0.2, 0) is 10.0 Å². The Balaban J connectivity index is 1.55. The molecule has 2 aromatic heterocycles. The summed E-state index contributed by atoms with van der Waals surface area (Å²) in [7, 11) is -3.55. The predicted molar refractivity (Wildman–Crippen MR) is 95.1 cm³/mol. The van der Waals surface area contributed by atoms with Crippen molar-refractivity contribution in [1.29, 1.82) is 0 Å². The summed E-state index contributed by atoms with van der Waals surface area (Å²) in [4.78, 5) is 17.4. The topological polar surface area (TPSA) is 116 Å². The first-order valence-corrected chi connectivity index (χ1v) is 9.85. The number of aryl methyl sites for hydroxylation is 1. The van der Waals surface area contributed by atoms with Crippen LogP contribution in [0.4, 0.5) is 11.6 Å². The van der Waals surface area contributed by atoms with Crippen LogP contribution in [0.15, 0.2) is 23.6 Å². The lowest BCUT2D eigenvalue weighted by molar-refractivity contribution is 0.572. The highest BCUT2D eigenvalue weighted by atomic mass is 32.2. The second-order valence-corrected chi connectivity index (χ2v) is 7.68. The highest BCUT2D eigenvalue weighted by molar-refractivity contribution is 7.89. The van der Waals surface area contributed by atoms with Crippen molar-refractivity contribution < 1.29 is 8.42 Å². The first-order chi connectivity index (χ1) is 12.0. The minimum absolute atomic E-state index is 0.0535. The fourth-order valence-electron chi connectivity index (χ4n) is 2.77. The predicted octanol–water partition coefficient (Wildman–Crippen LogP) is 0.889.